The average Bonchev–Trinajstić information content (AvgIpc) is 3.22. The van der Waals surface area contributed by atoms with E-state index in [4.69, 9.17) is 4.74 Å². The lowest BCUT2D eigenvalue weighted by Crippen LogP contribution is -2.31. The highest BCUT2D eigenvalue weighted by Gasteiger charge is 2.33. The number of carbonyl (C=O) groups excluding carboxylic acids is 1. The minimum absolute atomic E-state index is 0.0107. The van der Waals surface area contributed by atoms with Gasteiger partial charge >= 0.3 is 0 Å². The molecule has 1 fully saturated rings. The maximum Gasteiger partial charge on any atom is 0.255 e. The Morgan fingerprint density at radius 3 is 2.40 bits per heavy atom. The van der Waals surface area contributed by atoms with Crippen molar-refractivity contribution in [2.45, 2.75) is 76.2 Å². The van der Waals surface area contributed by atoms with Gasteiger partial charge in [-0.25, -0.2) is 4.98 Å². The fourth-order valence-corrected chi connectivity index (χ4v) is 9.49. The van der Waals surface area contributed by atoms with E-state index in [0.717, 1.165) is 28.1 Å². The Kier molecular flexibility index (Phi) is 7.14. The quantitative estimate of drug-likeness (QED) is 0.371. The van der Waals surface area contributed by atoms with Crippen LogP contribution in [0.4, 0.5) is 0 Å². The Balaban J connectivity index is 1.82. The summed E-state index contributed by atoms with van der Waals surface area (Å²) in [6, 6.07) is 5.72. The lowest BCUT2D eigenvalue weighted by atomic mass is 10.0. The second-order valence-corrected chi connectivity index (χ2v) is 14.6. The van der Waals surface area contributed by atoms with Crippen LogP contribution in [0.15, 0.2) is 35.4 Å². The van der Waals surface area contributed by atoms with Gasteiger partial charge < -0.3 is 15.0 Å². The number of ether oxygens (including phenoxy) is 1. The molecule has 1 aliphatic rings. The second kappa shape index (κ2) is 9.94. The number of H-pyrrole nitrogens is 1. The van der Waals surface area contributed by atoms with Crippen LogP contribution in [-0.4, -0.2) is 44.3 Å². The molecule has 35 heavy (non-hydrogen) atoms. The summed E-state index contributed by atoms with van der Waals surface area (Å²) in [5.41, 5.74) is 0.661. The van der Waals surface area contributed by atoms with Gasteiger partial charge in [0, 0.05) is 40.5 Å². The van der Waals surface area contributed by atoms with Crippen LogP contribution in [0.25, 0.3) is 21.5 Å². The Hall–Kier alpha value is -2.98. The molecule has 0 aliphatic carbocycles. The van der Waals surface area contributed by atoms with Crippen molar-refractivity contribution in [3.8, 4) is 17.1 Å². The van der Waals surface area contributed by atoms with E-state index in [2.05, 4.69) is 68.0 Å². The number of benzene rings is 1. The van der Waals surface area contributed by atoms with Crippen molar-refractivity contribution in [1.29, 1.82) is 0 Å². The molecule has 1 aliphatic heterocycles. The minimum Gasteiger partial charge on any atom is -0.475 e. The number of rotatable bonds is 6. The molecule has 0 spiro atoms. The van der Waals surface area contributed by atoms with Gasteiger partial charge in [-0.15, -0.1) is 0 Å². The van der Waals surface area contributed by atoms with Crippen LogP contribution in [0.2, 0.25) is 0 Å². The maximum atomic E-state index is 12.7. The van der Waals surface area contributed by atoms with Crippen LogP contribution < -0.4 is 15.6 Å². The normalized spacial score (nSPS) is 16.7. The van der Waals surface area contributed by atoms with E-state index < -0.39 is 10.0 Å². The average molecular weight is 494 g/mol. The van der Waals surface area contributed by atoms with Crippen LogP contribution >= 0.6 is 10.0 Å². The van der Waals surface area contributed by atoms with Gasteiger partial charge in [-0.05, 0) is 51.0 Å². The zero-order valence-electron chi connectivity index (χ0n) is 21.4. The Morgan fingerprint density at radius 1 is 1.06 bits per heavy atom. The van der Waals surface area contributed by atoms with Crippen LogP contribution in [0.3, 0.4) is 0 Å². The highest BCUT2D eigenvalue weighted by Crippen LogP contribution is 2.59. The van der Waals surface area contributed by atoms with Crippen LogP contribution in [-0.2, 0) is 4.79 Å². The Bertz CT molecular complexity index is 1360. The first-order valence-electron chi connectivity index (χ1n) is 12.3. The van der Waals surface area contributed by atoms with Crippen molar-refractivity contribution in [2.24, 2.45) is 0 Å². The van der Waals surface area contributed by atoms with Crippen LogP contribution in [0.5, 0.6) is 5.88 Å². The summed E-state index contributed by atoms with van der Waals surface area (Å²) in [5, 5.41) is 11.1. The number of fused-ring (bicyclic) bond motifs is 2. The molecule has 0 bridgehead atoms. The predicted molar refractivity (Wildman–Crippen MR) is 146 cm³/mol. The number of aromatic nitrogens is 2. The summed E-state index contributed by atoms with van der Waals surface area (Å²) in [7, 11) is -1.22. The molecule has 7 heteroatoms. The summed E-state index contributed by atoms with van der Waals surface area (Å²) in [6.45, 7) is 14.0. The molecule has 0 unspecified atom stereocenters. The minimum atomic E-state index is -1.22. The van der Waals surface area contributed by atoms with Crippen molar-refractivity contribution in [2.75, 3.05) is 6.61 Å². The lowest BCUT2D eigenvalue weighted by molar-refractivity contribution is -0.119. The van der Waals surface area contributed by atoms with Gasteiger partial charge in [0.25, 0.3) is 5.56 Å². The molecule has 186 valence electrons. The molecule has 2 aromatic heterocycles. The molecule has 3 aromatic rings. The van der Waals surface area contributed by atoms with Crippen molar-refractivity contribution in [1.82, 2.24) is 15.3 Å². The Morgan fingerprint density at radius 2 is 1.77 bits per heavy atom. The third-order valence-electron chi connectivity index (χ3n) is 6.96. The molecule has 0 radical (unpaired) electrons. The van der Waals surface area contributed by atoms with Gasteiger partial charge in [0.05, 0.1) is 6.04 Å². The molecule has 6 nitrogen and oxygen atoms in total. The smallest absolute Gasteiger partial charge is 0.255 e. The largest absolute Gasteiger partial charge is 0.475 e. The van der Waals surface area contributed by atoms with Gasteiger partial charge in [0.2, 0.25) is 11.8 Å². The first kappa shape index (κ1) is 25.1. The number of hydrogen-bond donors (Lipinski definition) is 2. The van der Waals surface area contributed by atoms with Gasteiger partial charge in [-0.2, -0.15) is 10.0 Å². The summed E-state index contributed by atoms with van der Waals surface area (Å²) < 4.78 is 6.04. The fraction of sp³-hybridized carbons (Fsp3) is 0.464. The molecular weight excluding hydrogens is 458 g/mol. The highest BCUT2D eigenvalue weighted by molar-refractivity contribution is 8.38. The number of hydrogen-bond acceptors (Lipinski definition) is 4. The van der Waals surface area contributed by atoms with E-state index in [1.54, 1.807) is 12.4 Å². The molecule has 1 amide bonds. The lowest BCUT2D eigenvalue weighted by Gasteiger charge is -2.46. The summed E-state index contributed by atoms with van der Waals surface area (Å²) >= 11 is 0. The van der Waals surface area contributed by atoms with E-state index in [9.17, 15) is 9.59 Å². The first-order chi connectivity index (χ1) is 16.6. The van der Waals surface area contributed by atoms with Gasteiger partial charge in [-0.1, -0.05) is 47.5 Å². The SMILES string of the molecule is CC(C)S(C#Cc1c[nH]c(=O)c2cc3ccnc(OC[C@@H]4CCC(=O)N4)c3cc12)(C(C)C)C(C)C. The van der Waals surface area contributed by atoms with Gasteiger partial charge in [0.1, 0.15) is 6.61 Å². The van der Waals surface area contributed by atoms with Crippen LogP contribution in [0, 0.1) is 11.2 Å². The second-order valence-electron chi connectivity index (χ2n) is 10.0. The monoisotopic (exact) mass is 493 g/mol. The third-order valence-corrected chi connectivity index (χ3v) is 12.1. The fourth-order valence-electron chi connectivity index (χ4n) is 5.23. The zero-order chi connectivity index (χ0) is 25.3. The predicted octanol–water partition coefficient (Wildman–Crippen LogP) is 5.07. The Labute approximate surface area is 208 Å². The summed E-state index contributed by atoms with van der Waals surface area (Å²) in [5.74, 6) is 4.03. The summed E-state index contributed by atoms with van der Waals surface area (Å²) in [4.78, 5) is 31.6. The number of carbonyl (C=O) groups is 1. The molecule has 1 aromatic carbocycles. The molecule has 2 N–H and O–H groups in total. The number of nitrogens with one attached hydrogen (secondary N) is 2. The van der Waals surface area contributed by atoms with Crippen molar-refractivity contribution in [3.05, 3.63) is 46.5 Å². The standard InChI is InChI=1S/C28H35N3O3S/c1-17(2)35(18(3)4,19(5)6)12-10-21-15-30-27(33)25-13-20-9-11-29-28(24(20)14-23(21)25)34-16-22-7-8-26(32)31-22/h9,11,13-15,17-19,22H,7-8,16H2,1-6H3,(H,30,33)(H,31,32)/t22-/m0/s1. The number of aromatic amines is 1. The van der Waals surface area contributed by atoms with Crippen molar-refractivity contribution < 1.29 is 9.53 Å². The van der Waals surface area contributed by atoms with E-state index >= 15 is 0 Å². The third kappa shape index (κ3) is 4.77. The molecule has 0 saturated carbocycles. The molecule has 3 heterocycles. The summed E-state index contributed by atoms with van der Waals surface area (Å²) in [6.07, 6.45) is 4.69. The molecular formula is C28H35N3O3S. The van der Waals surface area contributed by atoms with E-state index in [1.165, 1.54) is 0 Å². The molecule has 1 saturated heterocycles. The topological polar surface area (TPSA) is 84.1 Å². The van der Waals surface area contributed by atoms with E-state index in [-0.39, 0.29) is 17.5 Å². The van der Waals surface area contributed by atoms with Crippen LogP contribution in [0.1, 0.15) is 59.9 Å². The number of amides is 1. The van der Waals surface area contributed by atoms with E-state index in [1.807, 2.05) is 18.2 Å². The molecule has 1 atom stereocenters. The molecule has 4 rings (SSSR count). The zero-order valence-corrected chi connectivity index (χ0v) is 22.2. The van der Waals surface area contributed by atoms with E-state index in [0.29, 0.717) is 40.0 Å². The van der Waals surface area contributed by atoms with Crippen molar-refractivity contribution >= 4 is 37.5 Å². The highest BCUT2D eigenvalue weighted by atomic mass is 32.3. The number of pyridine rings is 2. The van der Waals surface area contributed by atoms with Gasteiger partial charge in [-0.3, -0.25) is 9.59 Å². The first-order valence-corrected chi connectivity index (χ1v) is 14.1. The maximum absolute atomic E-state index is 12.7. The van der Waals surface area contributed by atoms with Gasteiger partial charge in [0.15, 0.2) is 0 Å². The number of nitrogens with zero attached hydrogens (tertiary/aromatic N) is 1. The van der Waals surface area contributed by atoms with Crippen molar-refractivity contribution in [3.63, 3.8) is 0 Å².